The second kappa shape index (κ2) is 7.74. The molecule has 5 nitrogen and oxygen atoms in total. The molecule has 104 valence electrons. The molecule has 0 radical (unpaired) electrons. The molecule has 1 unspecified atom stereocenters. The topological polar surface area (TPSA) is 65.1 Å². The van der Waals surface area contributed by atoms with Crippen LogP contribution in [0.1, 0.15) is 31.7 Å². The van der Waals surface area contributed by atoms with E-state index < -0.39 is 0 Å². The molecule has 0 aromatic carbocycles. The number of hydrogen-bond donors (Lipinski definition) is 2. The van der Waals surface area contributed by atoms with Crippen LogP contribution >= 0.6 is 11.6 Å². The largest absolute Gasteiger partial charge is 0.382 e. The average molecular weight is 275 g/mol. The van der Waals surface area contributed by atoms with E-state index in [1.807, 2.05) is 18.5 Å². The standard InChI is InChI=1S/C12H23ClN4O/c1-4-17-11(12(13)9(3)16-17)8-10(15-14)6-7-18-5-2/h10,15H,4-8,14H2,1-3H3. The molecule has 0 amide bonds. The van der Waals surface area contributed by atoms with E-state index in [-0.39, 0.29) is 6.04 Å². The van der Waals surface area contributed by atoms with E-state index >= 15 is 0 Å². The van der Waals surface area contributed by atoms with Gasteiger partial charge in [-0.15, -0.1) is 0 Å². The van der Waals surface area contributed by atoms with Crippen LogP contribution in [0, 0.1) is 6.92 Å². The Kier molecular flexibility index (Phi) is 6.63. The summed E-state index contributed by atoms with van der Waals surface area (Å²) >= 11 is 6.27. The highest BCUT2D eigenvalue weighted by molar-refractivity contribution is 6.31. The van der Waals surface area contributed by atoms with E-state index in [4.69, 9.17) is 22.2 Å². The first-order valence-electron chi connectivity index (χ1n) is 6.39. The molecule has 0 saturated carbocycles. The summed E-state index contributed by atoms with van der Waals surface area (Å²) in [5.74, 6) is 5.57. The zero-order valence-corrected chi connectivity index (χ0v) is 12.1. The van der Waals surface area contributed by atoms with Crippen LogP contribution in [-0.2, 0) is 17.7 Å². The maximum atomic E-state index is 6.27. The number of aromatic nitrogens is 2. The van der Waals surface area contributed by atoms with Gasteiger partial charge in [0.2, 0.25) is 0 Å². The van der Waals surface area contributed by atoms with E-state index in [0.717, 1.165) is 42.4 Å². The van der Waals surface area contributed by atoms with E-state index in [0.29, 0.717) is 6.61 Å². The fourth-order valence-corrected chi connectivity index (χ4v) is 2.12. The summed E-state index contributed by atoms with van der Waals surface area (Å²) in [6.07, 6.45) is 1.62. The van der Waals surface area contributed by atoms with Gasteiger partial charge in [0.1, 0.15) is 0 Å². The maximum Gasteiger partial charge on any atom is 0.0847 e. The highest BCUT2D eigenvalue weighted by Gasteiger charge is 2.17. The molecule has 0 aliphatic carbocycles. The summed E-state index contributed by atoms with van der Waals surface area (Å²) in [5.41, 5.74) is 4.73. The molecule has 0 fully saturated rings. The summed E-state index contributed by atoms with van der Waals surface area (Å²) in [6, 6.07) is 0.149. The fraction of sp³-hybridized carbons (Fsp3) is 0.750. The van der Waals surface area contributed by atoms with Gasteiger partial charge in [0.25, 0.3) is 0 Å². The number of hydrogen-bond acceptors (Lipinski definition) is 4. The molecule has 1 heterocycles. The molecule has 1 aromatic rings. The summed E-state index contributed by atoms with van der Waals surface area (Å²) in [6.45, 7) is 8.19. The van der Waals surface area contributed by atoms with Crippen molar-refractivity contribution in [3.05, 3.63) is 16.4 Å². The molecular formula is C12H23ClN4O. The van der Waals surface area contributed by atoms with Crippen molar-refractivity contribution in [1.29, 1.82) is 0 Å². The summed E-state index contributed by atoms with van der Waals surface area (Å²) in [4.78, 5) is 0. The summed E-state index contributed by atoms with van der Waals surface area (Å²) in [7, 11) is 0. The molecule has 6 heteroatoms. The molecule has 1 rings (SSSR count). The molecule has 0 aliphatic rings. The number of halogens is 1. The number of nitrogens with one attached hydrogen (secondary N) is 1. The second-order valence-electron chi connectivity index (χ2n) is 4.22. The number of ether oxygens (including phenoxy) is 1. The molecule has 0 saturated heterocycles. The van der Waals surface area contributed by atoms with Crippen molar-refractivity contribution in [1.82, 2.24) is 15.2 Å². The lowest BCUT2D eigenvalue weighted by molar-refractivity contribution is 0.136. The van der Waals surface area contributed by atoms with Crippen LogP contribution in [-0.4, -0.2) is 29.0 Å². The van der Waals surface area contributed by atoms with Crippen LogP contribution < -0.4 is 11.3 Å². The van der Waals surface area contributed by atoms with Gasteiger partial charge in [-0.3, -0.25) is 16.0 Å². The minimum absolute atomic E-state index is 0.149. The highest BCUT2D eigenvalue weighted by atomic mass is 35.5. The van der Waals surface area contributed by atoms with Crippen molar-refractivity contribution >= 4 is 11.6 Å². The Morgan fingerprint density at radius 2 is 2.22 bits per heavy atom. The molecule has 1 atom stereocenters. The van der Waals surface area contributed by atoms with E-state index in [2.05, 4.69) is 17.4 Å². The van der Waals surface area contributed by atoms with Gasteiger partial charge < -0.3 is 4.74 Å². The fourth-order valence-electron chi connectivity index (χ4n) is 1.91. The predicted molar refractivity (Wildman–Crippen MR) is 73.6 cm³/mol. The normalized spacial score (nSPS) is 12.9. The SMILES string of the molecule is CCOCCC(Cc1c(Cl)c(C)nn1CC)NN. The van der Waals surface area contributed by atoms with Gasteiger partial charge in [-0.25, -0.2) is 0 Å². The van der Waals surface area contributed by atoms with Gasteiger partial charge in [-0.1, -0.05) is 11.6 Å². The molecule has 0 spiro atoms. The Labute approximate surface area is 114 Å². The van der Waals surface area contributed by atoms with Gasteiger partial charge in [0.15, 0.2) is 0 Å². The number of nitrogens with zero attached hydrogens (tertiary/aromatic N) is 2. The first-order chi connectivity index (χ1) is 8.63. The number of hydrazine groups is 1. The smallest absolute Gasteiger partial charge is 0.0847 e. The molecular weight excluding hydrogens is 252 g/mol. The Morgan fingerprint density at radius 3 is 2.78 bits per heavy atom. The van der Waals surface area contributed by atoms with Crippen molar-refractivity contribution in [2.24, 2.45) is 5.84 Å². The molecule has 0 bridgehead atoms. The average Bonchev–Trinajstić information content (AvgIpc) is 2.65. The lowest BCUT2D eigenvalue weighted by Gasteiger charge is -2.16. The van der Waals surface area contributed by atoms with E-state index in [9.17, 15) is 0 Å². The van der Waals surface area contributed by atoms with Crippen molar-refractivity contribution < 1.29 is 4.74 Å². The lowest BCUT2D eigenvalue weighted by atomic mass is 10.1. The van der Waals surface area contributed by atoms with Crippen LogP contribution in [0.2, 0.25) is 5.02 Å². The summed E-state index contributed by atoms with van der Waals surface area (Å²) in [5, 5.41) is 5.14. The van der Waals surface area contributed by atoms with Crippen LogP contribution in [0.3, 0.4) is 0 Å². The Balaban J connectivity index is 2.68. The zero-order valence-electron chi connectivity index (χ0n) is 11.4. The van der Waals surface area contributed by atoms with Crippen molar-refractivity contribution in [2.75, 3.05) is 13.2 Å². The van der Waals surface area contributed by atoms with Crippen molar-refractivity contribution in [3.63, 3.8) is 0 Å². The van der Waals surface area contributed by atoms with Crippen LogP contribution in [0.4, 0.5) is 0 Å². The third-order valence-corrected chi connectivity index (χ3v) is 3.43. The van der Waals surface area contributed by atoms with Gasteiger partial charge >= 0.3 is 0 Å². The third kappa shape index (κ3) is 3.95. The van der Waals surface area contributed by atoms with Crippen LogP contribution in [0.15, 0.2) is 0 Å². The van der Waals surface area contributed by atoms with E-state index in [1.54, 1.807) is 0 Å². The minimum atomic E-state index is 0.149. The highest BCUT2D eigenvalue weighted by Crippen LogP contribution is 2.22. The second-order valence-corrected chi connectivity index (χ2v) is 4.59. The molecule has 0 aliphatic heterocycles. The van der Waals surface area contributed by atoms with Gasteiger partial charge in [-0.05, 0) is 27.2 Å². The Bertz CT molecular complexity index is 367. The lowest BCUT2D eigenvalue weighted by Crippen LogP contribution is -2.38. The number of rotatable bonds is 8. The number of nitrogens with two attached hydrogens (primary N) is 1. The van der Waals surface area contributed by atoms with E-state index in [1.165, 1.54) is 0 Å². The first kappa shape index (κ1) is 15.4. The molecule has 1 aromatic heterocycles. The van der Waals surface area contributed by atoms with Gasteiger partial charge in [0, 0.05) is 32.2 Å². The molecule has 3 N–H and O–H groups in total. The zero-order chi connectivity index (χ0) is 13.5. The predicted octanol–water partition coefficient (Wildman–Crippen LogP) is 1.67. The Morgan fingerprint density at radius 1 is 1.50 bits per heavy atom. The van der Waals surface area contributed by atoms with Gasteiger partial charge in [-0.2, -0.15) is 5.10 Å². The van der Waals surface area contributed by atoms with Crippen LogP contribution in [0.25, 0.3) is 0 Å². The first-order valence-corrected chi connectivity index (χ1v) is 6.77. The third-order valence-electron chi connectivity index (χ3n) is 2.94. The monoisotopic (exact) mass is 274 g/mol. The van der Waals surface area contributed by atoms with Gasteiger partial charge in [0.05, 0.1) is 16.4 Å². The number of aryl methyl sites for hydroxylation is 2. The molecule has 18 heavy (non-hydrogen) atoms. The van der Waals surface area contributed by atoms with Crippen molar-refractivity contribution in [3.8, 4) is 0 Å². The van der Waals surface area contributed by atoms with Crippen LogP contribution in [0.5, 0.6) is 0 Å². The quantitative estimate of drug-likeness (QED) is 0.430. The van der Waals surface area contributed by atoms with Crippen molar-refractivity contribution in [2.45, 2.75) is 46.2 Å². The summed E-state index contributed by atoms with van der Waals surface area (Å²) < 4.78 is 7.28. The minimum Gasteiger partial charge on any atom is -0.382 e. The Hall–Kier alpha value is -0.620. The maximum absolute atomic E-state index is 6.27.